The quantitative estimate of drug-likeness (QED) is 0.319. The summed E-state index contributed by atoms with van der Waals surface area (Å²) in [5.74, 6) is 0.778. The summed E-state index contributed by atoms with van der Waals surface area (Å²) >= 11 is 3.57. The first-order valence-electron chi connectivity index (χ1n) is 11.1. The minimum Gasteiger partial charge on any atom is -0.490 e. The average Bonchev–Trinajstić information content (AvgIpc) is 2.82. The van der Waals surface area contributed by atoms with Gasteiger partial charge in [0.15, 0.2) is 0 Å². The van der Waals surface area contributed by atoms with E-state index >= 15 is 0 Å². The van der Waals surface area contributed by atoms with Gasteiger partial charge in [0.2, 0.25) is 0 Å². The fourth-order valence-corrected chi connectivity index (χ4v) is 4.33. The van der Waals surface area contributed by atoms with Crippen LogP contribution >= 0.6 is 15.9 Å². The molecule has 0 spiro atoms. The van der Waals surface area contributed by atoms with E-state index in [1.807, 2.05) is 43.3 Å². The molecule has 1 fully saturated rings. The summed E-state index contributed by atoms with van der Waals surface area (Å²) in [7, 11) is 1.71. The van der Waals surface area contributed by atoms with E-state index in [4.69, 9.17) is 18.7 Å². The van der Waals surface area contributed by atoms with Gasteiger partial charge in [0.05, 0.1) is 18.8 Å². The van der Waals surface area contributed by atoms with Crippen LogP contribution in [0.2, 0.25) is 0 Å². The Labute approximate surface area is 202 Å². The van der Waals surface area contributed by atoms with E-state index in [2.05, 4.69) is 27.3 Å². The second-order valence-corrected chi connectivity index (χ2v) is 8.81. The first kappa shape index (κ1) is 25.0. The van der Waals surface area contributed by atoms with Crippen LogP contribution in [0.15, 0.2) is 56.1 Å². The van der Waals surface area contributed by atoms with E-state index < -0.39 is 0 Å². The summed E-state index contributed by atoms with van der Waals surface area (Å²) in [5, 5.41) is 3.75. The number of hydrogen-bond acceptors (Lipinski definition) is 6. The van der Waals surface area contributed by atoms with E-state index in [1.54, 1.807) is 7.05 Å². The monoisotopic (exact) mass is 515 g/mol. The molecule has 1 N–H and O–H groups in total. The Morgan fingerprint density at radius 3 is 2.45 bits per heavy atom. The molecule has 1 aliphatic carbocycles. The molecule has 0 bridgehead atoms. The number of carbonyl (C=O) groups is 1. The third-order valence-corrected chi connectivity index (χ3v) is 6.49. The van der Waals surface area contributed by atoms with Crippen LogP contribution in [0.1, 0.15) is 43.7 Å². The molecule has 1 aromatic heterocycles. The van der Waals surface area contributed by atoms with Gasteiger partial charge in [0.25, 0.3) is 0 Å². The zero-order chi connectivity index (χ0) is 23.8. The molecule has 4 rings (SSSR count). The van der Waals surface area contributed by atoms with E-state index in [0.717, 1.165) is 53.1 Å². The maximum atomic E-state index is 12.1. The molecule has 1 aliphatic rings. The lowest BCUT2D eigenvalue weighted by molar-refractivity contribution is -0.106. The van der Waals surface area contributed by atoms with Crippen molar-refractivity contribution in [3.63, 3.8) is 0 Å². The van der Waals surface area contributed by atoms with Crippen LogP contribution in [0.3, 0.4) is 0 Å². The lowest BCUT2D eigenvalue weighted by atomic mass is 9.94. The van der Waals surface area contributed by atoms with Crippen molar-refractivity contribution in [3.8, 4) is 5.75 Å². The third kappa shape index (κ3) is 6.45. The number of hydrogen-bond donors (Lipinski definition) is 1. The summed E-state index contributed by atoms with van der Waals surface area (Å²) in [6, 6.07) is 13.9. The molecule has 33 heavy (non-hydrogen) atoms. The van der Waals surface area contributed by atoms with Gasteiger partial charge in [-0.2, -0.15) is 0 Å². The highest BCUT2D eigenvalue weighted by Gasteiger charge is 2.24. The number of anilines is 1. The molecule has 3 aromatic rings. The highest BCUT2D eigenvalue weighted by atomic mass is 79.9. The number of fused-ring (bicyclic) bond motifs is 1. The number of nitrogens with one attached hydrogen (secondary N) is 1. The van der Waals surface area contributed by atoms with Crippen molar-refractivity contribution < 1.29 is 18.7 Å². The minimum absolute atomic E-state index is 0.146. The molecular weight excluding hydrogens is 486 g/mol. The van der Waals surface area contributed by atoms with E-state index in [0.29, 0.717) is 17.9 Å². The van der Waals surface area contributed by atoms with Gasteiger partial charge in [-0.05, 0) is 69.4 Å². The van der Waals surface area contributed by atoms with Crippen molar-refractivity contribution >= 4 is 38.9 Å². The van der Waals surface area contributed by atoms with Crippen LogP contribution in [0.25, 0.3) is 11.0 Å². The largest absolute Gasteiger partial charge is 0.490 e. The number of carbonyl (C=O) groups excluding carboxylic acids is 1. The van der Waals surface area contributed by atoms with Gasteiger partial charge in [0.1, 0.15) is 23.3 Å². The smallest absolute Gasteiger partial charge is 0.359 e. The van der Waals surface area contributed by atoms with Crippen LogP contribution < -0.4 is 15.7 Å². The standard InChI is InChI=1S/C24H26BrNO4.C2H4O/c1-15-22(12-7-16-13-21(26-2)24(27)30-23(15)16)29-19-10-8-18(9-11-19)28-14-17-5-3-4-6-20(17)25;1-2-3/h3-7,12-13,18-19,26H,8-11,14H2,1-2H3;2H,1H3. The molecule has 0 amide bonds. The molecule has 1 heterocycles. The van der Waals surface area contributed by atoms with Crippen LogP contribution in [-0.4, -0.2) is 25.5 Å². The van der Waals surface area contributed by atoms with Crippen molar-refractivity contribution in [1.29, 1.82) is 0 Å². The van der Waals surface area contributed by atoms with Crippen molar-refractivity contribution in [2.24, 2.45) is 0 Å². The lowest BCUT2D eigenvalue weighted by Crippen LogP contribution is -2.28. The van der Waals surface area contributed by atoms with Gasteiger partial charge in [-0.3, -0.25) is 0 Å². The van der Waals surface area contributed by atoms with Gasteiger partial charge in [0, 0.05) is 22.5 Å². The van der Waals surface area contributed by atoms with E-state index in [9.17, 15) is 4.79 Å². The van der Waals surface area contributed by atoms with Crippen molar-refractivity contribution in [2.45, 2.75) is 58.3 Å². The van der Waals surface area contributed by atoms with E-state index in [-0.39, 0.29) is 17.8 Å². The van der Waals surface area contributed by atoms with E-state index in [1.165, 1.54) is 12.5 Å². The van der Waals surface area contributed by atoms with Gasteiger partial charge in [-0.1, -0.05) is 34.1 Å². The Kier molecular flexibility index (Phi) is 9.09. The summed E-state index contributed by atoms with van der Waals surface area (Å²) < 4.78 is 19.0. The number of benzene rings is 2. The summed E-state index contributed by atoms with van der Waals surface area (Å²) in [5.41, 5.74) is 2.71. The molecule has 7 heteroatoms. The molecule has 0 unspecified atom stereocenters. The molecule has 0 aliphatic heterocycles. The lowest BCUT2D eigenvalue weighted by Gasteiger charge is -2.29. The molecule has 0 atom stereocenters. The van der Waals surface area contributed by atoms with Gasteiger partial charge in [-0.15, -0.1) is 0 Å². The topological polar surface area (TPSA) is 77.8 Å². The maximum absolute atomic E-state index is 12.1. The van der Waals surface area contributed by atoms with Crippen molar-refractivity contribution in [3.05, 3.63) is 68.5 Å². The van der Waals surface area contributed by atoms with Gasteiger partial charge >= 0.3 is 5.63 Å². The predicted molar refractivity (Wildman–Crippen MR) is 134 cm³/mol. The SMILES string of the molecule is CC=O.CNc1cc2ccc(OC3CCC(OCc4ccccc4Br)CC3)c(C)c2oc1=O. The molecule has 0 radical (unpaired) electrons. The number of ether oxygens (including phenoxy) is 2. The van der Waals surface area contributed by atoms with Gasteiger partial charge < -0.3 is 24.0 Å². The maximum Gasteiger partial charge on any atom is 0.359 e. The zero-order valence-electron chi connectivity index (χ0n) is 19.2. The molecule has 176 valence electrons. The second-order valence-electron chi connectivity index (χ2n) is 7.96. The number of aryl methyl sites for hydroxylation is 1. The fraction of sp³-hybridized carbons (Fsp3) is 0.385. The van der Waals surface area contributed by atoms with Crippen molar-refractivity contribution in [2.75, 3.05) is 12.4 Å². The average molecular weight is 516 g/mol. The molecular formula is C26H30BrNO5. The molecule has 0 saturated heterocycles. The number of rotatable bonds is 6. The summed E-state index contributed by atoms with van der Waals surface area (Å²) in [6.07, 6.45) is 4.99. The minimum atomic E-state index is -0.368. The fourth-order valence-electron chi connectivity index (χ4n) is 3.93. The Hall–Kier alpha value is -2.64. The summed E-state index contributed by atoms with van der Waals surface area (Å²) in [4.78, 5) is 20.9. The second kappa shape index (κ2) is 12.0. The highest BCUT2D eigenvalue weighted by molar-refractivity contribution is 9.10. The van der Waals surface area contributed by atoms with Gasteiger partial charge in [-0.25, -0.2) is 4.79 Å². The third-order valence-electron chi connectivity index (χ3n) is 5.72. The summed E-state index contributed by atoms with van der Waals surface area (Å²) in [6.45, 7) is 4.00. The molecule has 6 nitrogen and oxygen atoms in total. The zero-order valence-corrected chi connectivity index (χ0v) is 20.8. The van der Waals surface area contributed by atoms with Crippen LogP contribution in [0, 0.1) is 6.92 Å². The van der Waals surface area contributed by atoms with Crippen LogP contribution in [0.5, 0.6) is 5.75 Å². The highest BCUT2D eigenvalue weighted by Crippen LogP contribution is 2.32. The van der Waals surface area contributed by atoms with Crippen molar-refractivity contribution in [1.82, 2.24) is 0 Å². The first-order valence-corrected chi connectivity index (χ1v) is 11.9. The molecule has 1 saturated carbocycles. The first-order chi connectivity index (χ1) is 16.0. The Balaban J connectivity index is 0.000000968. The van der Waals surface area contributed by atoms with Crippen LogP contribution in [-0.2, 0) is 16.1 Å². The predicted octanol–water partition coefficient (Wildman–Crippen LogP) is 6.02. The Morgan fingerprint density at radius 1 is 1.12 bits per heavy atom. The van der Waals surface area contributed by atoms with Crippen LogP contribution in [0.4, 0.5) is 5.69 Å². The molecule has 2 aromatic carbocycles. The normalized spacial score (nSPS) is 17.7. The number of halogens is 1. The number of aldehydes is 1. The Morgan fingerprint density at radius 2 is 1.79 bits per heavy atom. The Bertz CT molecular complexity index is 1140.